The lowest BCUT2D eigenvalue weighted by Gasteiger charge is -2.09. The smallest absolute Gasteiger partial charge is 0.234 e. The number of aryl methyl sites for hydroxylation is 2. The van der Waals surface area contributed by atoms with Crippen LogP contribution in [0, 0.1) is 0 Å². The fraction of sp³-hybridized carbons (Fsp3) is 0.300. The number of hydrogen-bond donors (Lipinski definition) is 2. The predicted octanol–water partition coefficient (Wildman–Crippen LogP) is 4.12. The minimum absolute atomic E-state index is 0.0917. The fourth-order valence-corrected chi connectivity index (χ4v) is 3.01. The summed E-state index contributed by atoms with van der Waals surface area (Å²) in [5.41, 5.74) is 3.96. The molecule has 25 heavy (non-hydrogen) atoms. The molecule has 2 aromatic carbocycles. The Hall–Kier alpha value is -2.27. The Balaban J connectivity index is 1.73. The molecule has 5 heteroatoms. The van der Waals surface area contributed by atoms with Crippen LogP contribution in [0.4, 0.5) is 11.4 Å². The van der Waals surface area contributed by atoms with E-state index < -0.39 is 0 Å². The second-order valence-electron chi connectivity index (χ2n) is 5.65. The lowest BCUT2D eigenvalue weighted by atomic mass is 10.1. The van der Waals surface area contributed by atoms with E-state index in [0.717, 1.165) is 29.8 Å². The molecule has 0 bridgehead atoms. The summed E-state index contributed by atoms with van der Waals surface area (Å²) in [5, 5.41) is 5.75. The van der Waals surface area contributed by atoms with Crippen LogP contribution in [0.5, 0.6) is 0 Å². The average Bonchev–Trinajstić information content (AvgIpc) is 2.62. The third-order valence-electron chi connectivity index (χ3n) is 3.78. The summed E-state index contributed by atoms with van der Waals surface area (Å²) in [6.07, 6.45) is 1.84. The Kier molecular flexibility index (Phi) is 7.54. The highest BCUT2D eigenvalue weighted by molar-refractivity contribution is 8.00. The van der Waals surface area contributed by atoms with Crippen LogP contribution in [0.3, 0.4) is 0 Å². The molecule has 0 aromatic heterocycles. The van der Waals surface area contributed by atoms with Gasteiger partial charge in [0.05, 0.1) is 11.5 Å². The zero-order valence-corrected chi connectivity index (χ0v) is 15.5. The second-order valence-corrected chi connectivity index (χ2v) is 6.64. The van der Waals surface area contributed by atoms with Crippen LogP contribution in [0.25, 0.3) is 0 Å². The second kappa shape index (κ2) is 9.89. The summed E-state index contributed by atoms with van der Waals surface area (Å²) in [6, 6.07) is 15.6. The van der Waals surface area contributed by atoms with Crippen LogP contribution in [-0.4, -0.2) is 23.3 Å². The maximum Gasteiger partial charge on any atom is 0.234 e. The fourth-order valence-electron chi connectivity index (χ4n) is 2.39. The number of amides is 2. The molecule has 0 unspecified atom stereocenters. The van der Waals surface area contributed by atoms with Crippen LogP contribution < -0.4 is 10.6 Å². The Morgan fingerprint density at radius 3 is 2.12 bits per heavy atom. The summed E-state index contributed by atoms with van der Waals surface area (Å²) in [4.78, 5) is 24.0. The molecular formula is C20H24N2O2S. The van der Waals surface area contributed by atoms with Gasteiger partial charge >= 0.3 is 0 Å². The first-order chi connectivity index (χ1) is 12.1. The number of nitrogens with one attached hydrogen (secondary N) is 2. The van der Waals surface area contributed by atoms with Crippen molar-refractivity contribution in [2.24, 2.45) is 0 Å². The minimum Gasteiger partial charge on any atom is -0.325 e. The molecule has 2 rings (SSSR count). The van der Waals surface area contributed by atoms with E-state index in [2.05, 4.69) is 24.5 Å². The molecule has 0 saturated heterocycles. The third-order valence-corrected chi connectivity index (χ3v) is 4.72. The normalized spacial score (nSPS) is 10.3. The molecule has 0 radical (unpaired) electrons. The largest absolute Gasteiger partial charge is 0.325 e. The highest BCUT2D eigenvalue weighted by Gasteiger charge is 2.08. The third kappa shape index (κ3) is 6.27. The maximum atomic E-state index is 12.0. The van der Waals surface area contributed by atoms with E-state index in [1.807, 2.05) is 48.5 Å². The van der Waals surface area contributed by atoms with Gasteiger partial charge in [-0.2, -0.15) is 0 Å². The maximum absolute atomic E-state index is 12.0. The number of para-hydroxylation sites is 1. The van der Waals surface area contributed by atoms with Gasteiger partial charge in [0.15, 0.2) is 0 Å². The molecular weight excluding hydrogens is 332 g/mol. The number of carbonyl (C=O) groups excluding carboxylic acids is 2. The molecule has 132 valence electrons. The summed E-state index contributed by atoms with van der Waals surface area (Å²) >= 11 is 1.30. The molecule has 0 aliphatic carbocycles. The van der Waals surface area contributed by atoms with Crippen molar-refractivity contribution in [1.29, 1.82) is 0 Å². The van der Waals surface area contributed by atoms with E-state index in [1.165, 1.54) is 17.3 Å². The monoisotopic (exact) mass is 356 g/mol. The van der Waals surface area contributed by atoms with Crippen LogP contribution >= 0.6 is 11.8 Å². The molecule has 2 N–H and O–H groups in total. The Morgan fingerprint density at radius 1 is 0.840 bits per heavy atom. The molecule has 0 spiro atoms. The highest BCUT2D eigenvalue weighted by atomic mass is 32.2. The van der Waals surface area contributed by atoms with Gasteiger partial charge in [-0.3, -0.25) is 9.59 Å². The van der Waals surface area contributed by atoms with Crippen LogP contribution in [0.2, 0.25) is 0 Å². The molecule has 2 amide bonds. The number of rotatable bonds is 8. The minimum atomic E-state index is -0.101. The standard InChI is InChI=1S/C20H24N2O2S/c1-3-15-9-11-17(12-10-15)21-19(23)13-25-14-20(24)22-18-8-6-5-7-16(18)4-2/h5-12H,3-4,13-14H2,1-2H3,(H,21,23)(H,22,24). The molecule has 0 aliphatic heterocycles. The quantitative estimate of drug-likeness (QED) is 0.748. The molecule has 0 aliphatic rings. The van der Waals surface area contributed by atoms with Gasteiger partial charge in [-0.1, -0.05) is 44.2 Å². The van der Waals surface area contributed by atoms with Gasteiger partial charge in [-0.25, -0.2) is 0 Å². The van der Waals surface area contributed by atoms with E-state index in [9.17, 15) is 9.59 Å². The number of hydrogen-bond acceptors (Lipinski definition) is 3. The van der Waals surface area contributed by atoms with E-state index >= 15 is 0 Å². The van der Waals surface area contributed by atoms with E-state index in [-0.39, 0.29) is 23.3 Å². The number of anilines is 2. The Morgan fingerprint density at radius 2 is 1.48 bits per heavy atom. The number of benzene rings is 2. The molecule has 0 fully saturated rings. The first-order valence-corrected chi connectivity index (χ1v) is 9.62. The van der Waals surface area contributed by atoms with E-state index in [0.29, 0.717) is 0 Å². The Labute approximate surface area is 153 Å². The van der Waals surface area contributed by atoms with Crippen LogP contribution in [0.15, 0.2) is 48.5 Å². The summed E-state index contributed by atoms with van der Waals surface area (Å²) < 4.78 is 0. The average molecular weight is 356 g/mol. The van der Waals surface area contributed by atoms with Gasteiger partial charge in [0.25, 0.3) is 0 Å². The van der Waals surface area contributed by atoms with Gasteiger partial charge < -0.3 is 10.6 Å². The van der Waals surface area contributed by atoms with Gasteiger partial charge in [0, 0.05) is 11.4 Å². The molecule has 0 saturated carbocycles. The van der Waals surface area contributed by atoms with Gasteiger partial charge in [-0.05, 0) is 42.2 Å². The summed E-state index contributed by atoms with van der Waals surface area (Å²) in [5.74, 6) is 0.306. The lowest BCUT2D eigenvalue weighted by molar-refractivity contribution is -0.114. The first-order valence-electron chi connectivity index (χ1n) is 8.46. The number of thioether (sulfide) groups is 1. The lowest BCUT2D eigenvalue weighted by Crippen LogP contribution is -2.19. The molecule has 0 atom stereocenters. The predicted molar refractivity (Wildman–Crippen MR) is 106 cm³/mol. The van der Waals surface area contributed by atoms with Crippen molar-refractivity contribution in [3.05, 3.63) is 59.7 Å². The van der Waals surface area contributed by atoms with E-state index in [4.69, 9.17) is 0 Å². The van der Waals surface area contributed by atoms with Gasteiger partial charge in [0.1, 0.15) is 0 Å². The van der Waals surface area contributed by atoms with Crippen LogP contribution in [0.1, 0.15) is 25.0 Å². The highest BCUT2D eigenvalue weighted by Crippen LogP contribution is 2.16. The topological polar surface area (TPSA) is 58.2 Å². The van der Waals surface area contributed by atoms with Gasteiger partial charge in [0.2, 0.25) is 11.8 Å². The Bertz CT molecular complexity index is 714. The SMILES string of the molecule is CCc1ccc(NC(=O)CSCC(=O)Nc2ccccc2CC)cc1. The summed E-state index contributed by atoms with van der Waals surface area (Å²) in [7, 11) is 0. The summed E-state index contributed by atoms with van der Waals surface area (Å²) in [6.45, 7) is 4.14. The molecule has 4 nitrogen and oxygen atoms in total. The van der Waals surface area contributed by atoms with Crippen molar-refractivity contribution in [2.45, 2.75) is 26.7 Å². The van der Waals surface area contributed by atoms with Crippen molar-refractivity contribution in [3.63, 3.8) is 0 Å². The van der Waals surface area contributed by atoms with Crippen molar-refractivity contribution in [1.82, 2.24) is 0 Å². The molecule has 2 aromatic rings. The van der Waals surface area contributed by atoms with Crippen LogP contribution in [-0.2, 0) is 22.4 Å². The van der Waals surface area contributed by atoms with Crippen molar-refractivity contribution >= 4 is 35.0 Å². The first kappa shape index (κ1) is 19.1. The number of carbonyl (C=O) groups is 2. The van der Waals surface area contributed by atoms with Crippen molar-refractivity contribution in [3.8, 4) is 0 Å². The van der Waals surface area contributed by atoms with E-state index in [1.54, 1.807) is 0 Å². The molecule has 0 heterocycles. The van der Waals surface area contributed by atoms with Gasteiger partial charge in [-0.15, -0.1) is 11.8 Å². The van der Waals surface area contributed by atoms with Crippen molar-refractivity contribution < 1.29 is 9.59 Å². The van der Waals surface area contributed by atoms with Crippen molar-refractivity contribution in [2.75, 3.05) is 22.1 Å². The zero-order chi connectivity index (χ0) is 18.1. The zero-order valence-electron chi connectivity index (χ0n) is 14.7.